The number of carbonyl (C=O) groups is 1. The van der Waals surface area contributed by atoms with Crippen molar-refractivity contribution >= 4 is 33.2 Å². The molecule has 1 aromatic heterocycles. The molecule has 2 atom stereocenters. The van der Waals surface area contributed by atoms with Crippen LogP contribution in [0.2, 0.25) is 0 Å². The Morgan fingerprint density at radius 3 is 2.69 bits per heavy atom. The van der Waals surface area contributed by atoms with Crippen molar-refractivity contribution in [3.8, 4) is 0 Å². The number of hydrogen-bond acceptors (Lipinski definition) is 3. The van der Waals surface area contributed by atoms with Crippen molar-refractivity contribution in [2.45, 2.75) is 38.1 Å². The van der Waals surface area contributed by atoms with Crippen molar-refractivity contribution in [2.75, 3.05) is 6.54 Å². The normalized spacial score (nSPS) is 22.9. The van der Waals surface area contributed by atoms with Gasteiger partial charge >= 0.3 is 0 Å². The summed E-state index contributed by atoms with van der Waals surface area (Å²) in [6.07, 6.45) is 0.903. The van der Waals surface area contributed by atoms with Gasteiger partial charge in [-0.3, -0.25) is 4.79 Å². The lowest BCUT2D eigenvalue weighted by Crippen LogP contribution is -2.30. The smallest absolute Gasteiger partial charge is 0.236 e. The fraction of sp³-hybridized carbons (Fsp3) is 0.636. The van der Waals surface area contributed by atoms with Gasteiger partial charge in [0.05, 0.1) is 21.6 Å². The maximum Gasteiger partial charge on any atom is 0.236 e. The number of nitrogens with zero attached hydrogens (tertiary/aromatic N) is 2. The second-order valence-electron chi connectivity index (χ2n) is 4.15. The lowest BCUT2D eigenvalue weighted by molar-refractivity contribution is -0.128. The molecule has 2 unspecified atom stereocenters. The second-order valence-corrected chi connectivity index (χ2v) is 6.49. The maximum absolute atomic E-state index is 11.9. The monoisotopic (exact) mass is 302 g/mol. The first-order valence-electron chi connectivity index (χ1n) is 5.39. The van der Waals surface area contributed by atoms with E-state index in [2.05, 4.69) is 27.8 Å². The lowest BCUT2D eigenvalue weighted by atomic mass is 10.2. The highest BCUT2D eigenvalue weighted by atomic mass is 79.9. The topological polar surface area (TPSA) is 33.2 Å². The summed E-state index contributed by atoms with van der Waals surface area (Å²) in [4.78, 5) is 19.5. The summed E-state index contributed by atoms with van der Waals surface area (Å²) in [6, 6.07) is 0.154. The van der Waals surface area contributed by atoms with Gasteiger partial charge in [0, 0.05) is 11.4 Å². The number of hydrogen-bond donors (Lipinski definition) is 0. The van der Waals surface area contributed by atoms with Crippen LogP contribution in [0.15, 0.2) is 0 Å². The molecule has 1 aliphatic rings. The van der Waals surface area contributed by atoms with E-state index in [0.29, 0.717) is 0 Å². The van der Waals surface area contributed by atoms with Gasteiger partial charge in [0.1, 0.15) is 0 Å². The van der Waals surface area contributed by atoms with E-state index in [0.717, 1.165) is 23.7 Å². The molecule has 16 heavy (non-hydrogen) atoms. The van der Waals surface area contributed by atoms with Gasteiger partial charge in [-0.2, -0.15) is 0 Å². The quantitative estimate of drug-likeness (QED) is 0.787. The van der Waals surface area contributed by atoms with Gasteiger partial charge in [0.2, 0.25) is 5.91 Å². The second kappa shape index (κ2) is 4.45. The van der Waals surface area contributed by atoms with Crippen LogP contribution in [0, 0.1) is 13.8 Å². The molecule has 0 aliphatic carbocycles. The van der Waals surface area contributed by atoms with E-state index >= 15 is 0 Å². The van der Waals surface area contributed by atoms with Crippen LogP contribution < -0.4 is 0 Å². The molecule has 0 bridgehead atoms. The highest BCUT2D eigenvalue weighted by molar-refractivity contribution is 9.10. The summed E-state index contributed by atoms with van der Waals surface area (Å²) < 4.78 is 0. The van der Waals surface area contributed by atoms with E-state index in [1.54, 1.807) is 11.3 Å². The van der Waals surface area contributed by atoms with Gasteiger partial charge in [-0.15, -0.1) is 11.3 Å². The predicted molar refractivity (Wildman–Crippen MR) is 69.0 cm³/mol. The zero-order chi connectivity index (χ0) is 11.9. The van der Waals surface area contributed by atoms with Crippen LogP contribution in [-0.4, -0.2) is 27.2 Å². The molecule has 0 spiro atoms. The molecule has 88 valence electrons. The Balaban J connectivity index is 2.22. The Hall–Kier alpha value is -0.420. The summed E-state index contributed by atoms with van der Waals surface area (Å²) in [7, 11) is 0. The molecule has 1 aliphatic heterocycles. The molecule has 1 amide bonds. The van der Waals surface area contributed by atoms with Crippen LogP contribution in [0.5, 0.6) is 0 Å². The number of rotatable bonds is 2. The number of aryl methyl sites for hydroxylation is 2. The SMILES string of the molecule is Cc1nc(C)c(C(C)N2CCC(Br)C2=O)s1. The van der Waals surface area contributed by atoms with Crippen LogP contribution in [0.3, 0.4) is 0 Å². The zero-order valence-electron chi connectivity index (χ0n) is 9.66. The number of thiazole rings is 1. The van der Waals surface area contributed by atoms with Crippen LogP contribution in [0.25, 0.3) is 0 Å². The molecule has 0 aromatic carbocycles. The largest absolute Gasteiger partial charge is 0.334 e. The molecule has 3 nitrogen and oxygen atoms in total. The molecule has 1 fully saturated rings. The summed E-state index contributed by atoms with van der Waals surface area (Å²) in [6.45, 7) is 6.95. The number of alkyl halides is 1. The Kier molecular flexibility index (Phi) is 3.35. The van der Waals surface area contributed by atoms with Gasteiger partial charge < -0.3 is 4.90 Å². The highest BCUT2D eigenvalue weighted by Gasteiger charge is 2.34. The molecule has 1 saturated heterocycles. The number of carbonyl (C=O) groups excluding carboxylic acids is 1. The van der Waals surface area contributed by atoms with Gasteiger partial charge in [-0.25, -0.2) is 4.98 Å². The average Bonchev–Trinajstić information content (AvgIpc) is 2.71. The molecule has 0 saturated carbocycles. The molecule has 0 radical (unpaired) electrons. The van der Waals surface area contributed by atoms with E-state index in [1.165, 1.54) is 4.88 Å². The summed E-state index contributed by atoms with van der Waals surface area (Å²) in [5.74, 6) is 0.206. The minimum Gasteiger partial charge on any atom is -0.334 e. The standard InChI is InChI=1S/C11H15BrN2OS/c1-6-10(16-8(3)13-6)7(2)14-5-4-9(12)11(14)15/h7,9H,4-5H2,1-3H3. The van der Waals surface area contributed by atoms with Crippen LogP contribution in [0.4, 0.5) is 0 Å². The van der Waals surface area contributed by atoms with Crippen molar-refractivity contribution in [2.24, 2.45) is 0 Å². The average molecular weight is 303 g/mol. The fourth-order valence-corrected chi connectivity index (χ4v) is 3.59. The van der Waals surface area contributed by atoms with E-state index in [-0.39, 0.29) is 16.8 Å². The molecular formula is C11H15BrN2OS. The molecule has 0 N–H and O–H groups in total. The maximum atomic E-state index is 11.9. The first-order valence-corrected chi connectivity index (χ1v) is 7.12. The predicted octanol–water partition coefficient (Wildman–Crippen LogP) is 2.82. The third-order valence-corrected chi connectivity index (χ3v) is 5.05. The van der Waals surface area contributed by atoms with Crippen molar-refractivity contribution in [3.63, 3.8) is 0 Å². The van der Waals surface area contributed by atoms with Gasteiger partial charge in [-0.1, -0.05) is 15.9 Å². The zero-order valence-corrected chi connectivity index (χ0v) is 12.1. The molecule has 5 heteroatoms. The fourth-order valence-electron chi connectivity index (χ4n) is 2.13. The molecule has 2 heterocycles. The molecule has 2 rings (SSSR count). The Morgan fingerprint density at radius 2 is 2.25 bits per heavy atom. The number of amides is 1. The van der Waals surface area contributed by atoms with Crippen molar-refractivity contribution in [1.82, 2.24) is 9.88 Å². The minimum absolute atomic E-state index is 0.00396. The lowest BCUT2D eigenvalue weighted by Gasteiger charge is -2.23. The first-order chi connectivity index (χ1) is 7.50. The van der Waals surface area contributed by atoms with Crippen LogP contribution >= 0.6 is 27.3 Å². The molecular weight excluding hydrogens is 288 g/mol. The van der Waals surface area contributed by atoms with Crippen molar-refractivity contribution in [3.05, 3.63) is 15.6 Å². The van der Waals surface area contributed by atoms with Gasteiger partial charge in [0.25, 0.3) is 0 Å². The van der Waals surface area contributed by atoms with E-state index in [1.807, 2.05) is 18.7 Å². The Labute approximate surface area is 108 Å². The number of aromatic nitrogens is 1. The van der Waals surface area contributed by atoms with Gasteiger partial charge in [-0.05, 0) is 27.2 Å². The first kappa shape index (κ1) is 12.0. The Morgan fingerprint density at radius 1 is 1.56 bits per heavy atom. The number of likely N-dealkylation sites (tertiary alicyclic amines) is 1. The molecule has 1 aromatic rings. The van der Waals surface area contributed by atoms with Crippen molar-refractivity contribution < 1.29 is 4.79 Å². The van der Waals surface area contributed by atoms with E-state index in [4.69, 9.17) is 0 Å². The third-order valence-electron chi connectivity index (χ3n) is 2.96. The summed E-state index contributed by atoms with van der Waals surface area (Å²) >= 11 is 5.10. The number of halogens is 1. The van der Waals surface area contributed by atoms with E-state index < -0.39 is 0 Å². The van der Waals surface area contributed by atoms with Crippen LogP contribution in [0.1, 0.15) is 35.0 Å². The van der Waals surface area contributed by atoms with Crippen LogP contribution in [-0.2, 0) is 4.79 Å². The highest BCUT2D eigenvalue weighted by Crippen LogP contribution is 2.33. The minimum atomic E-state index is 0.00396. The van der Waals surface area contributed by atoms with E-state index in [9.17, 15) is 4.79 Å². The van der Waals surface area contributed by atoms with Crippen molar-refractivity contribution in [1.29, 1.82) is 0 Å². The summed E-state index contributed by atoms with van der Waals surface area (Å²) in [5, 5.41) is 1.07. The van der Waals surface area contributed by atoms with Gasteiger partial charge in [0.15, 0.2) is 0 Å². The Bertz CT molecular complexity index is 418. The summed E-state index contributed by atoms with van der Waals surface area (Å²) in [5.41, 5.74) is 1.06. The third kappa shape index (κ3) is 2.02.